The van der Waals surface area contributed by atoms with E-state index in [0.29, 0.717) is 58.4 Å². The Labute approximate surface area is 253 Å². The Hall–Kier alpha value is -1.75. The van der Waals surface area contributed by atoms with Crippen LogP contribution in [0.1, 0.15) is 82.3 Å². The summed E-state index contributed by atoms with van der Waals surface area (Å²) in [5.41, 5.74) is 0.371. The van der Waals surface area contributed by atoms with Crippen LogP contribution in [0.25, 0.3) is 0 Å². The molecule has 0 bridgehead atoms. The Morgan fingerprint density at radius 1 is 1.07 bits per heavy atom. The molecule has 2 spiro atoms. The lowest BCUT2D eigenvalue weighted by Crippen LogP contribution is -2.61. The summed E-state index contributed by atoms with van der Waals surface area (Å²) in [6.45, 7) is 4.50. The monoisotopic (exact) mass is 679 g/mol. The average molecular weight is 680 g/mol. The van der Waals surface area contributed by atoms with Gasteiger partial charge in [-0.25, -0.2) is 4.39 Å². The standard InChI is InChI=1S/C31H36ClFIN3O3/c1-29(2)9-11-30(12-10-29)31(23-8-3-18(32)15-24(23)36-28(31)40)25(17-13-19(33)16-20(34)14-17)26(37-30)27(39)35-21-4-6-22(38)7-5-21/h3,8,13-16,21-22,25-26,37-38H,4-7,9-12H2,1-2H3,(H,35,39)(H,36,40)/t21-,22-,25-,26+,31+/m0/s1. The van der Waals surface area contributed by atoms with E-state index in [-0.39, 0.29) is 29.4 Å². The van der Waals surface area contributed by atoms with Gasteiger partial charge in [-0.3, -0.25) is 14.9 Å². The number of anilines is 1. The highest BCUT2D eigenvalue weighted by atomic mass is 127. The Bertz CT molecular complexity index is 1330. The van der Waals surface area contributed by atoms with Crippen LogP contribution in [0.2, 0.25) is 5.02 Å². The van der Waals surface area contributed by atoms with Crippen molar-refractivity contribution in [1.82, 2.24) is 10.6 Å². The van der Waals surface area contributed by atoms with Crippen LogP contribution in [0.4, 0.5) is 10.1 Å². The molecule has 214 valence electrons. The highest BCUT2D eigenvalue weighted by Crippen LogP contribution is 2.63. The summed E-state index contributed by atoms with van der Waals surface area (Å²) in [4.78, 5) is 28.7. The highest BCUT2D eigenvalue weighted by Gasteiger charge is 2.72. The summed E-state index contributed by atoms with van der Waals surface area (Å²) in [6.07, 6.45) is 5.56. The van der Waals surface area contributed by atoms with Gasteiger partial charge in [-0.05, 0) is 121 Å². The third-order valence-electron chi connectivity index (χ3n) is 10.0. The number of hydrogen-bond acceptors (Lipinski definition) is 4. The Morgan fingerprint density at radius 3 is 2.45 bits per heavy atom. The fourth-order valence-corrected chi connectivity index (χ4v) is 8.78. The zero-order chi connectivity index (χ0) is 28.4. The zero-order valence-corrected chi connectivity index (χ0v) is 25.7. The summed E-state index contributed by atoms with van der Waals surface area (Å²) in [6, 6.07) is 9.54. The van der Waals surface area contributed by atoms with E-state index in [9.17, 15) is 14.7 Å². The summed E-state index contributed by atoms with van der Waals surface area (Å²) in [5.74, 6) is -1.38. The highest BCUT2D eigenvalue weighted by molar-refractivity contribution is 14.1. The molecule has 2 aliphatic carbocycles. The van der Waals surface area contributed by atoms with Crippen molar-refractivity contribution < 1.29 is 19.1 Å². The van der Waals surface area contributed by atoms with Gasteiger partial charge in [0.15, 0.2) is 0 Å². The molecule has 2 amide bonds. The van der Waals surface area contributed by atoms with E-state index in [4.69, 9.17) is 11.6 Å². The van der Waals surface area contributed by atoms with Crippen molar-refractivity contribution in [1.29, 1.82) is 0 Å². The van der Waals surface area contributed by atoms with Gasteiger partial charge >= 0.3 is 0 Å². The second kappa shape index (κ2) is 10.2. The third kappa shape index (κ3) is 4.57. The van der Waals surface area contributed by atoms with Crippen molar-refractivity contribution in [3.63, 3.8) is 0 Å². The van der Waals surface area contributed by atoms with E-state index in [1.807, 2.05) is 12.1 Å². The quantitative estimate of drug-likeness (QED) is 0.310. The van der Waals surface area contributed by atoms with E-state index >= 15 is 4.39 Å². The number of amides is 2. The molecular weight excluding hydrogens is 644 g/mol. The van der Waals surface area contributed by atoms with Gasteiger partial charge in [0.2, 0.25) is 11.8 Å². The summed E-state index contributed by atoms with van der Waals surface area (Å²) in [5, 5.41) is 20.6. The predicted octanol–water partition coefficient (Wildman–Crippen LogP) is 5.79. The Balaban J connectivity index is 1.53. The second-order valence-corrected chi connectivity index (χ2v) is 14.7. The van der Waals surface area contributed by atoms with Crippen LogP contribution in [0.3, 0.4) is 0 Å². The lowest BCUT2D eigenvalue weighted by atomic mass is 9.53. The minimum absolute atomic E-state index is 0.0488. The molecule has 9 heteroatoms. The number of halogens is 3. The number of nitrogens with one attached hydrogen (secondary N) is 3. The molecule has 2 aromatic carbocycles. The van der Waals surface area contributed by atoms with Crippen LogP contribution in [0, 0.1) is 14.8 Å². The van der Waals surface area contributed by atoms with Crippen LogP contribution in [-0.2, 0) is 15.0 Å². The molecular formula is C31H36ClFIN3O3. The molecule has 3 atom stereocenters. The van der Waals surface area contributed by atoms with Crippen LogP contribution in [0.5, 0.6) is 0 Å². The van der Waals surface area contributed by atoms with Crippen molar-refractivity contribution in [2.75, 3.05) is 5.32 Å². The predicted molar refractivity (Wildman–Crippen MR) is 162 cm³/mol. The maximum Gasteiger partial charge on any atom is 0.238 e. The number of aliphatic hydroxyl groups excluding tert-OH is 1. The van der Waals surface area contributed by atoms with Gasteiger partial charge in [0, 0.05) is 31.8 Å². The van der Waals surface area contributed by atoms with Crippen molar-refractivity contribution in [2.24, 2.45) is 5.41 Å². The van der Waals surface area contributed by atoms with Crippen LogP contribution in [0.15, 0.2) is 36.4 Å². The van der Waals surface area contributed by atoms with E-state index < -0.39 is 28.7 Å². The van der Waals surface area contributed by atoms with Crippen molar-refractivity contribution in [3.8, 4) is 0 Å². The fourth-order valence-electron chi connectivity index (χ4n) is 7.95. The van der Waals surface area contributed by atoms with Gasteiger partial charge in [0.1, 0.15) is 11.2 Å². The molecule has 6 nitrogen and oxygen atoms in total. The third-order valence-corrected chi connectivity index (χ3v) is 10.9. The topological polar surface area (TPSA) is 90.5 Å². The van der Waals surface area contributed by atoms with E-state index in [1.54, 1.807) is 12.1 Å². The molecule has 40 heavy (non-hydrogen) atoms. The molecule has 3 fully saturated rings. The minimum Gasteiger partial charge on any atom is -0.393 e. The van der Waals surface area contributed by atoms with Crippen LogP contribution < -0.4 is 16.0 Å². The Morgan fingerprint density at radius 2 is 1.77 bits per heavy atom. The normalized spacial score (nSPS) is 32.2. The van der Waals surface area contributed by atoms with Gasteiger partial charge < -0.3 is 15.7 Å². The second-order valence-electron chi connectivity index (χ2n) is 13.0. The number of benzene rings is 2. The Kier molecular flexibility index (Phi) is 7.24. The van der Waals surface area contributed by atoms with Crippen LogP contribution in [-0.4, -0.2) is 40.6 Å². The van der Waals surface area contributed by atoms with Crippen molar-refractivity contribution in [3.05, 3.63) is 61.9 Å². The molecule has 2 aliphatic heterocycles. The summed E-state index contributed by atoms with van der Waals surface area (Å²) in [7, 11) is 0. The van der Waals surface area contributed by atoms with Gasteiger partial charge in [0.25, 0.3) is 0 Å². The number of aliphatic hydroxyl groups is 1. The number of carbonyl (C=O) groups is 2. The molecule has 2 saturated carbocycles. The van der Waals surface area contributed by atoms with Crippen molar-refractivity contribution >= 4 is 51.7 Å². The lowest BCUT2D eigenvalue weighted by molar-refractivity contribution is -0.125. The molecule has 0 aromatic heterocycles. The van der Waals surface area contributed by atoms with Gasteiger partial charge in [-0.15, -0.1) is 0 Å². The summed E-state index contributed by atoms with van der Waals surface area (Å²) >= 11 is 8.47. The molecule has 2 aromatic rings. The first kappa shape index (κ1) is 28.4. The van der Waals surface area contributed by atoms with E-state index in [0.717, 1.165) is 18.4 Å². The molecule has 4 N–H and O–H groups in total. The minimum atomic E-state index is -1.13. The van der Waals surface area contributed by atoms with E-state index in [1.165, 1.54) is 12.1 Å². The number of fused-ring (bicyclic) bond motifs is 3. The van der Waals surface area contributed by atoms with Crippen molar-refractivity contribution in [2.45, 2.75) is 100 Å². The van der Waals surface area contributed by atoms with E-state index in [2.05, 4.69) is 52.4 Å². The van der Waals surface area contributed by atoms with Gasteiger partial charge in [-0.1, -0.05) is 31.5 Å². The maximum atomic E-state index is 15.0. The maximum absolute atomic E-state index is 15.0. The largest absolute Gasteiger partial charge is 0.393 e. The molecule has 6 rings (SSSR count). The molecule has 0 radical (unpaired) electrons. The molecule has 1 saturated heterocycles. The van der Waals surface area contributed by atoms with Crippen LogP contribution >= 0.6 is 34.2 Å². The number of carbonyl (C=O) groups excluding carboxylic acids is 2. The molecule has 2 heterocycles. The SMILES string of the molecule is CC1(C)CCC2(CC1)N[C@@H](C(=O)N[C@H]1CC[C@H](O)CC1)[C@H](c1cc(F)cc(I)c1)[C@]21C(=O)Nc2cc(Cl)ccc21. The molecule has 4 aliphatic rings. The lowest BCUT2D eigenvalue weighted by Gasteiger charge is -2.50. The van der Waals surface area contributed by atoms with Gasteiger partial charge in [-0.2, -0.15) is 0 Å². The summed E-state index contributed by atoms with van der Waals surface area (Å²) < 4.78 is 15.7. The number of hydrogen-bond donors (Lipinski definition) is 4. The first-order valence-electron chi connectivity index (χ1n) is 14.3. The van der Waals surface area contributed by atoms with Gasteiger partial charge in [0.05, 0.1) is 12.1 Å². The average Bonchev–Trinajstić information content (AvgIpc) is 3.34. The zero-order valence-electron chi connectivity index (χ0n) is 22.8. The number of rotatable bonds is 3. The first-order chi connectivity index (χ1) is 18.9. The smallest absolute Gasteiger partial charge is 0.238 e. The molecule has 0 unspecified atom stereocenters. The first-order valence-corrected chi connectivity index (χ1v) is 15.7. The fraction of sp³-hybridized carbons (Fsp3) is 0.548.